The van der Waals surface area contributed by atoms with Crippen LogP contribution in [0.5, 0.6) is 0 Å². The second-order valence-electron chi connectivity index (χ2n) is 3.05. The summed E-state index contributed by atoms with van der Waals surface area (Å²) in [5.41, 5.74) is 1.27. The summed E-state index contributed by atoms with van der Waals surface area (Å²) < 4.78 is 13.2. The molecular weight excluding hydrogens is 169 g/mol. The first-order valence-corrected chi connectivity index (χ1v) is 4.31. The number of likely N-dealkylation sites (N-methyl/N-ethyl adjacent to an activating group) is 1. The number of amides is 1. The van der Waals surface area contributed by atoms with Crippen molar-refractivity contribution in [1.29, 1.82) is 0 Å². The van der Waals surface area contributed by atoms with E-state index in [0.29, 0.717) is 12.1 Å². The van der Waals surface area contributed by atoms with Gasteiger partial charge in [0.05, 0.1) is 12.1 Å². The van der Waals surface area contributed by atoms with Gasteiger partial charge >= 0.3 is 0 Å². The van der Waals surface area contributed by atoms with Gasteiger partial charge < -0.3 is 4.90 Å². The number of halogens is 1. The van der Waals surface area contributed by atoms with E-state index < -0.39 is 0 Å². The highest BCUT2D eigenvalue weighted by Crippen LogP contribution is 2.30. The Hall–Kier alpha value is -1.38. The van der Waals surface area contributed by atoms with Gasteiger partial charge in [-0.2, -0.15) is 0 Å². The van der Waals surface area contributed by atoms with Gasteiger partial charge in [-0.15, -0.1) is 0 Å². The van der Waals surface area contributed by atoms with E-state index in [0.717, 1.165) is 5.69 Å². The van der Waals surface area contributed by atoms with Crippen molar-refractivity contribution in [2.45, 2.75) is 13.3 Å². The lowest BCUT2D eigenvalue weighted by molar-refractivity contribution is -0.117. The average Bonchev–Trinajstić information content (AvgIpc) is 2.43. The summed E-state index contributed by atoms with van der Waals surface area (Å²) in [5, 5.41) is 0. The summed E-state index contributed by atoms with van der Waals surface area (Å²) in [7, 11) is 0. The van der Waals surface area contributed by atoms with E-state index in [-0.39, 0.29) is 18.1 Å². The molecule has 0 fully saturated rings. The number of hydrogen-bond donors (Lipinski definition) is 0. The Labute approximate surface area is 76.0 Å². The molecule has 2 rings (SSSR count). The van der Waals surface area contributed by atoms with Gasteiger partial charge in [0.25, 0.3) is 0 Å². The van der Waals surface area contributed by atoms with E-state index in [1.165, 1.54) is 6.07 Å². The molecule has 0 unspecified atom stereocenters. The van der Waals surface area contributed by atoms with Gasteiger partial charge in [0.2, 0.25) is 5.91 Å². The Balaban J connectivity index is 2.54. The Morgan fingerprint density at radius 1 is 1.54 bits per heavy atom. The van der Waals surface area contributed by atoms with Gasteiger partial charge in [0.15, 0.2) is 0 Å². The summed E-state index contributed by atoms with van der Waals surface area (Å²) in [6.07, 6.45) is 0.204. The van der Waals surface area contributed by atoms with Crippen LogP contribution in [-0.4, -0.2) is 12.5 Å². The van der Waals surface area contributed by atoms with E-state index in [1.54, 1.807) is 17.0 Å². The molecule has 2 nitrogen and oxygen atoms in total. The lowest BCUT2D eigenvalue weighted by atomic mass is 10.1. The van der Waals surface area contributed by atoms with Crippen LogP contribution < -0.4 is 4.90 Å². The van der Waals surface area contributed by atoms with Crippen molar-refractivity contribution in [2.75, 3.05) is 11.4 Å². The third kappa shape index (κ3) is 1.11. The number of carbonyl (C=O) groups is 1. The Morgan fingerprint density at radius 2 is 2.31 bits per heavy atom. The molecule has 0 N–H and O–H groups in total. The molecule has 3 heteroatoms. The Kier molecular flexibility index (Phi) is 1.79. The molecule has 0 aliphatic carbocycles. The fraction of sp³-hybridized carbons (Fsp3) is 0.300. The van der Waals surface area contributed by atoms with Crippen molar-refractivity contribution in [1.82, 2.24) is 0 Å². The van der Waals surface area contributed by atoms with Crippen LogP contribution in [0.1, 0.15) is 12.5 Å². The van der Waals surface area contributed by atoms with Gasteiger partial charge in [-0.05, 0) is 19.1 Å². The molecular formula is C10H10FNO. The number of rotatable bonds is 1. The first-order chi connectivity index (χ1) is 6.24. The minimum atomic E-state index is -0.276. The summed E-state index contributed by atoms with van der Waals surface area (Å²) in [5.74, 6) is -0.288. The number of benzene rings is 1. The van der Waals surface area contributed by atoms with Gasteiger partial charge in [0, 0.05) is 12.1 Å². The molecule has 1 heterocycles. The maximum absolute atomic E-state index is 13.2. The van der Waals surface area contributed by atoms with Crippen molar-refractivity contribution in [2.24, 2.45) is 0 Å². The number of anilines is 1. The van der Waals surface area contributed by atoms with Crippen LogP contribution >= 0.6 is 0 Å². The molecule has 0 atom stereocenters. The predicted octanol–water partition coefficient (Wildman–Crippen LogP) is 1.73. The second kappa shape index (κ2) is 2.83. The zero-order chi connectivity index (χ0) is 9.42. The van der Waals surface area contributed by atoms with E-state index in [2.05, 4.69) is 0 Å². The molecule has 13 heavy (non-hydrogen) atoms. The van der Waals surface area contributed by atoms with E-state index in [9.17, 15) is 9.18 Å². The van der Waals surface area contributed by atoms with Crippen LogP contribution in [0.15, 0.2) is 18.2 Å². The molecule has 1 aliphatic rings. The molecule has 1 aromatic rings. The van der Waals surface area contributed by atoms with Crippen molar-refractivity contribution >= 4 is 11.6 Å². The van der Waals surface area contributed by atoms with Crippen molar-refractivity contribution < 1.29 is 9.18 Å². The molecule has 1 aromatic carbocycles. The normalized spacial score (nSPS) is 14.9. The van der Waals surface area contributed by atoms with Crippen LogP contribution in [0.4, 0.5) is 10.1 Å². The number of nitrogens with zero attached hydrogens (tertiary/aromatic N) is 1. The van der Waals surface area contributed by atoms with Crippen LogP contribution in [0.2, 0.25) is 0 Å². The lowest BCUT2D eigenvalue weighted by Gasteiger charge is -2.13. The predicted molar refractivity (Wildman–Crippen MR) is 48.1 cm³/mol. The van der Waals surface area contributed by atoms with Gasteiger partial charge in [-0.1, -0.05) is 6.07 Å². The summed E-state index contributed by atoms with van der Waals surface area (Å²) >= 11 is 0. The smallest absolute Gasteiger partial charge is 0.231 e. The van der Waals surface area contributed by atoms with E-state index in [1.807, 2.05) is 6.92 Å². The van der Waals surface area contributed by atoms with Crippen LogP contribution in [0.25, 0.3) is 0 Å². The van der Waals surface area contributed by atoms with E-state index >= 15 is 0 Å². The van der Waals surface area contributed by atoms with Crippen LogP contribution in [-0.2, 0) is 11.2 Å². The molecule has 0 aromatic heterocycles. The fourth-order valence-corrected chi connectivity index (χ4v) is 1.70. The maximum Gasteiger partial charge on any atom is 0.231 e. The maximum atomic E-state index is 13.2. The van der Waals surface area contributed by atoms with Gasteiger partial charge in [0.1, 0.15) is 5.82 Å². The largest absolute Gasteiger partial charge is 0.312 e. The summed E-state index contributed by atoms with van der Waals surface area (Å²) in [4.78, 5) is 13.0. The lowest BCUT2D eigenvalue weighted by Crippen LogP contribution is -2.25. The number of fused-ring (bicyclic) bond motifs is 1. The van der Waals surface area contributed by atoms with E-state index in [4.69, 9.17) is 0 Å². The summed E-state index contributed by atoms with van der Waals surface area (Å²) in [6, 6.07) is 4.81. The third-order valence-corrected chi connectivity index (χ3v) is 2.33. The Bertz CT molecular complexity index is 362. The van der Waals surface area contributed by atoms with Gasteiger partial charge in [-0.25, -0.2) is 4.39 Å². The number of carbonyl (C=O) groups excluding carboxylic acids is 1. The molecule has 0 saturated carbocycles. The fourth-order valence-electron chi connectivity index (χ4n) is 1.70. The van der Waals surface area contributed by atoms with Crippen molar-refractivity contribution in [3.05, 3.63) is 29.6 Å². The number of hydrogen-bond acceptors (Lipinski definition) is 1. The minimum Gasteiger partial charge on any atom is -0.312 e. The van der Waals surface area contributed by atoms with Crippen LogP contribution in [0, 0.1) is 5.82 Å². The van der Waals surface area contributed by atoms with Crippen LogP contribution in [0.3, 0.4) is 0 Å². The average molecular weight is 179 g/mol. The molecule has 1 amide bonds. The molecule has 0 radical (unpaired) electrons. The first-order valence-electron chi connectivity index (χ1n) is 4.31. The highest BCUT2D eigenvalue weighted by molar-refractivity contribution is 6.01. The third-order valence-electron chi connectivity index (χ3n) is 2.33. The first kappa shape index (κ1) is 8.23. The quantitative estimate of drug-likeness (QED) is 0.643. The zero-order valence-corrected chi connectivity index (χ0v) is 7.38. The zero-order valence-electron chi connectivity index (χ0n) is 7.38. The SMILES string of the molecule is CCN1C(=O)Cc2c(F)cccc21. The van der Waals surface area contributed by atoms with Crippen molar-refractivity contribution in [3.63, 3.8) is 0 Å². The Morgan fingerprint density at radius 3 is 3.00 bits per heavy atom. The topological polar surface area (TPSA) is 20.3 Å². The van der Waals surface area contributed by atoms with Gasteiger partial charge in [-0.3, -0.25) is 4.79 Å². The minimum absolute atomic E-state index is 0.0115. The second-order valence-corrected chi connectivity index (χ2v) is 3.05. The highest BCUT2D eigenvalue weighted by Gasteiger charge is 2.27. The summed E-state index contributed by atoms with van der Waals surface area (Å²) in [6.45, 7) is 2.49. The highest BCUT2D eigenvalue weighted by atomic mass is 19.1. The molecule has 0 bridgehead atoms. The molecule has 1 aliphatic heterocycles. The molecule has 0 saturated heterocycles. The molecule has 0 spiro atoms. The van der Waals surface area contributed by atoms with Crippen molar-refractivity contribution in [3.8, 4) is 0 Å². The molecule has 68 valence electrons. The standard InChI is InChI=1S/C10H10FNO/c1-2-12-9-5-3-4-8(11)7(9)6-10(12)13/h3-5H,2,6H2,1H3. The monoisotopic (exact) mass is 179 g/mol.